The van der Waals surface area contributed by atoms with E-state index in [2.05, 4.69) is 21.9 Å². The van der Waals surface area contributed by atoms with E-state index in [0.29, 0.717) is 13.0 Å². The molecule has 0 spiro atoms. The predicted molar refractivity (Wildman–Crippen MR) is 112 cm³/mol. The number of rotatable bonds is 7. The molecule has 2 heterocycles. The van der Waals surface area contributed by atoms with Crippen LogP contribution in [0.5, 0.6) is 0 Å². The van der Waals surface area contributed by atoms with Gasteiger partial charge in [-0.15, -0.1) is 0 Å². The molecule has 2 fully saturated rings. The summed E-state index contributed by atoms with van der Waals surface area (Å²) in [6.45, 7) is 5.44. The zero-order valence-corrected chi connectivity index (χ0v) is 17.0. The highest BCUT2D eigenvalue weighted by atomic mass is 16.2. The lowest BCUT2D eigenvalue weighted by atomic mass is 10.1. The number of anilines is 1. The van der Waals surface area contributed by atoms with Crippen molar-refractivity contribution in [2.24, 2.45) is 5.73 Å². The van der Waals surface area contributed by atoms with E-state index in [1.165, 1.54) is 0 Å². The first kappa shape index (κ1) is 21.1. The highest BCUT2D eigenvalue weighted by Gasteiger charge is 2.31. The minimum atomic E-state index is -0.497. The van der Waals surface area contributed by atoms with E-state index in [9.17, 15) is 10.1 Å². The zero-order valence-electron chi connectivity index (χ0n) is 17.0. The van der Waals surface area contributed by atoms with Gasteiger partial charge in [0, 0.05) is 32.7 Å². The summed E-state index contributed by atoms with van der Waals surface area (Å²) < 4.78 is 0. The van der Waals surface area contributed by atoms with Gasteiger partial charge in [-0.3, -0.25) is 9.69 Å². The molecule has 0 aromatic heterocycles. The molecule has 2 atom stereocenters. The van der Waals surface area contributed by atoms with Crippen molar-refractivity contribution in [3.8, 4) is 12.1 Å². The average molecular weight is 395 g/mol. The fourth-order valence-electron chi connectivity index (χ4n) is 4.26. The molecule has 0 saturated carbocycles. The van der Waals surface area contributed by atoms with Crippen molar-refractivity contribution in [3.63, 3.8) is 0 Å². The molecule has 2 saturated heterocycles. The summed E-state index contributed by atoms with van der Waals surface area (Å²) in [5.41, 5.74) is 7.85. The summed E-state index contributed by atoms with van der Waals surface area (Å²) in [6.07, 6.45) is 4.25. The molecule has 0 unspecified atom stereocenters. The number of hydrogen-bond acceptors (Lipinski definition) is 6. The van der Waals surface area contributed by atoms with Gasteiger partial charge in [-0.25, -0.2) is 0 Å². The van der Waals surface area contributed by atoms with Crippen LogP contribution in [0.1, 0.15) is 37.7 Å². The third-order valence-electron chi connectivity index (χ3n) is 5.98. The Balaban J connectivity index is 1.35. The number of para-hydroxylation sites is 1. The number of amides is 1. The minimum absolute atomic E-state index is 0.0705. The second-order valence-electron chi connectivity index (χ2n) is 7.88. The number of carbonyl (C=O) groups is 1. The van der Waals surface area contributed by atoms with Crippen LogP contribution in [-0.4, -0.2) is 67.1 Å². The number of benzene rings is 1. The summed E-state index contributed by atoms with van der Waals surface area (Å²) in [5.74, 6) is -0.0705. The van der Waals surface area contributed by atoms with Crippen molar-refractivity contribution in [1.82, 2.24) is 9.80 Å². The van der Waals surface area contributed by atoms with E-state index in [-0.39, 0.29) is 11.9 Å². The smallest absolute Gasteiger partial charge is 0.240 e. The normalized spacial score (nSPS) is 20.9. The van der Waals surface area contributed by atoms with Crippen molar-refractivity contribution < 1.29 is 4.79 Å². The maximum Gasteiger partial charge on any atom is 0.240 e. The summed E-state index contributed by atoms with van der Waals surface area (Å²) in [7, 11) is 0. The molecule has 0 bridgehead atoms. The van der Waals surface area contributed by atoms with Crippen LogP contribution in [-0.2, 0) is 4.79 Å². The standard InChI is InChI=1S/C22H30N6O/c23-16-18-6-1-2-9-21(18)27-14-12-26(13-15-27)10-4-3-8-20(25)22(29)28-11-5-7-19(28)17-24/h1-2,6,9,19-20H,3-5,7-8,10-15,25H2/t19-,20-/m0/s1. The van der Waals surface area contributed by atoms with Crippen molar-refractivity contribution in [2.75, 3.05) is 44.2 Å². The molecule has 0 radical (unpaired) electrons. The van der Waals surface area contributed by atoms with Crippen LogP contribution in [0.2, 0.25) is 0 Å². The number of nitrogens with zero attached hydrogens (tertiary/aromatic N) is 5. The fourth-order valence-corrected chi connectivity index (χ4v) is 4.26. The Morgan fingerprint density at radius 2 is 1.90 bits per heavy atom. The molecule has 2 aliphatic heterocycles. The van der Waals surface area contributed by atoms with Gasteiger partial charge in [0.1, 0.15) is 12.1 Å². The number of nitriles is 2. The van der Waals surface area contributed by atoms with Crippen LogP contribution in [0.15, 0.2) is 24.3 Å². The van der Waals surface area contributed by atoms with Crippen molar-refractivity contribution in [3.05, 3.63) is 29.8 Å². The quantitative estimate of drug-likeness (QED) is 0.707. The maximum atomic E-state index is 12.4. The van der Waals surface area contributed by atoms with E-state index < -0.39 is 6.04 Å². The van der Waals surface area contributed by atoms with E-state index in [4.69, 9.17) is 11.0 Å². The molecule has 0 aliphatic carbocycles. The molecule has 29 heavy (non-hydrogen) atoms. The molecular formula is C22H30N6O. The molecule has 1 aromatic rings. The lowest BCUT2D eigenvalue weighted by Crippen LogP contribution is -2.47. The van der Waals surface area contributed by atoms with Crippen LogP contribution in [0.3, 0.4) is 0 Å². The lowest BCUT2D eigenvalue weighted by Gasteiger charge is -2.36. The second kappa shape index (κ2) is 10.2. The van der Waals surface area contributed by atoms with Crippen LogP contribution >= 0.6 is 0 Å². The summed E-state index contributed by atoms with van der Waals surface area (Å²) in [4.78, 5) is 18.8. The Kier molecular flexibility index (Phi) is 7.46. The van der Waals surface area contributed by atoms with Gasteiger partial charge < -0.3 is 15.5 Å². The molecule has 1 aromatic carbocycles. The Morgan fingerprint density at radius 1 is 1.14 bits per heavy atom. The number of nitrogens with two attached hydrogens (primary N) is 1. The predicted octanol–water partition coefficient (Wildman–Crippen LogP) is 1.69. The molecule has 2 aliphatic rings. The lowest BCUT2D eigenvalue weighted by molar-refractivity contribution is -0.132. The molecule has 2 N–H and O–H groups in total. The van der Waals surface area contributed by atoms with Gasteiger partial charge in [-0.05, 0) is 44.4 Å². The van der Waals surface area contributed by atoms with Crippen LogP contribution in [0, 0.1) is 22.7 Å². The zero-order chi connectivity index (χ0) is 20.6. The van der Waals surface area contributed by atoms with Crippen molar-refractivity contribution in [1.29, 1.82) is 10.5 Å². The minimum Gasteiger partial charge on any atom is -0.368 e. The van der Waals surface area contributed by atoms with E-state index in [1.54, 1.807) is 4.90 Å². The van der Waals surface area contributed by atoms with Gasteiger partial charge in [0.05, 0.1) is 23.4 Å². The first-order chi connectivity index (χ1) is 14.1. The first-order valence-electron chi connectivity index (χ1n) is 10.6. The van der Waals surface area contributed by atoms with E-state index in [0.717, 1.165) is 69.7 Å². The van der Waals surface area contributed by atoms with E-state index >= 15 is 0 Å². The number of hydrogen-bond donors (Lipinski definition) is 1. The first-order valence-corrected chi connectivity index (χ1v) is 10.6. The molecule has 7 nitrogen and oxygen atoms in total. The topological polar surface area (TPSA) is 100 Å². The van der Waals surface area contributed by atoms with E-state index in [1.807, 2.05) is 24.3 Å². The van der Waals surface area contributed by atoms with Crippen LogP contribution < -0.4 is 10.6 Å². The third kappa shape index (κ3) is 5.26. The van der Waals surface area contributed by atoms with Gasteiger partial charge >= 0.3 is 0 Å². The third-order valence-corrected chi connectivity index (χ3v) is 5.98. The highest BCUT2D eigenvalue weighted by molar-refractivity contribution is 5.82. The van der Waals surface area contributed by atoms with Crippen molar-refractivity contribution in [2.45, 2.75) is 44.2 Å². The maximum absolute atomic E-state index is 12.4. The Labute approximate surface area is 173 Å². The Bertz CT molecular complexity index is 774. The van der Waals surface area contributed by atoms with Gasteiger partial charge in [-0.1, -0.05) is 18.6 Å². The molecule has 154 valence electrons. The van der Waals surface area contributed by atoms with Crippen molar-refractivity contribution >= 4 is 11.6 Å². The molecule has 3 rings (SSSR count). The fraction of sp³-hybridized carbons (Fsp3) is 0.591. The summed E-state index contributed by atoms with van der Waals surface area (Å²) >= 11 is 0. The SMILES string of the molecule is N#Cc1ccccc1N1CCN(CCCC[C@H](N)C(=O)N2CCC[C@H]2C#N)CC1. The number of unbranched alkanes of at least 4 members (excludes halogenated alkanes) is 1. The number of likely N-dealkylation sites (tertiary alicyclic amines) is 1. The van der Waals surface area contributed by atoms with Gasteiger partial charge in [-0.2, -0.15) is 10.5 Å². The largest absolute Gasteiger partial charge is 0.368 e. The van der Waals surface area contributed by atoms with Crippen LogP contribution in [0.25, 0.3) is 0 Å². The monoisotopic (exact) mass is 394 g/mol. The van der Waals surface area contributed by atoms with Gasteiger partial charge in [0.15, 0.2) is 0 Å². The van der Waals surface area contributed by atoms with Crippen LogP contribution in [0.4, 0.5) is 5.69 Å². The number of piperazine rings is 1. The van der Waals surface area contributed by atoms with Gasteiger partial charge in [0.25, 0.3) is 0 Å². The Hall–Kier alpha value is -2.61. The molecule has 1 amide bonds. The summed E-state index contributed by atoms with van der Waals surface area (Å²) in [5, 5.41) is 18.4. The Morgan fingerprint density at radius 3 is 2.62 bits per heavy atom. The average Bonchev–Trinajstić information content (AvgIpc) is 3.25. The summed E-state index contributed by atoms with van der Waals surface area (Å²) in [6, 6.07) is 11.5. The highest BCUT2D eigenvalue weighted by Crippen LogP contribution is 2.21. The number of carbonyl (C=O) groups excluding carboxylic acids is 1. The van der Waals surface area contributed by atoms with Gasteiger partial charge in [0.2, 0.25) is 5.91 Å². The molecule has 7 heteroatoms. The molecular weight excluding hydrogens is 364 g/mol. The second-order valence-corrected chi connectivity index (χ2v) is 7.88.